The molecule has 1 aliphatic rings. The second-order valence-corrected chi connectivity index (χ2v) is 7.50. The molecule has 5 heteroatoms. The van der Waals surface area contributed by atoms with Crippen LogP contribution in [0.1, 0.15) is 44.0 Å². The standard InChI is InChI=1S/C17H25BrN2O2/c1-12(2)22-15-9-13(8-14(18)10-15)16(21)20-11-17(3)4-6-19-7-5-17/h8-10,12,19H,4-7,11H2,1-3H3,(H,20,21). The number of benzene rings is 1. The number of nitrogens with one attached hydrogen (secondary N) is 2. The Morgan fingerprint density at radius 2 is 2.05 bits per heavy atom. The van der Waals surface area contributed by atoms with Crippen LogP contribution in [0, 0.1) is 5.41 Å². The van der Waals surface area contributed by atoms with Crippen molar-refractivity contribution in [2.75, 3.05) is 19.6 Å². The van der Waals surface area contributed by atoms with Crippen molar-refractivity contribution in [3.05, 3.63) is 28.2 Å². The average Bonchev–Trinajstić information content (AvgIpc) is 2.44. The van der Waals surface area contributed by atoms with Gasteiger partial charge in [0.2, 0.25) is 0 Å². The summed E-state index contributed by atoms with van der Waals surface area (Å²) in [7, 11) is 0. The highest BCUT2D eigenvalue weighted by atomic mass is 79.9. The lowest BCUT2D eigenvalue weighted by atomic mass is 9.81. The van der Waals surface area contributed by atoms with E-state index in [-0.39, 0.29) is 17.4 Å². The summed E-state index contributed by atoms with van der Waals surface area (Å²) in [6.07, 6.45) is 2.26. The van der Waals surface area contributed by atoms with Crippen LogP contribution in [0.5, 0.6) is 5.75 Å². The molecule has 122 valence electrons. The second-order valence-electron chi connectivity index (χ2n) is 6.59. The first-order valence-corrected chi connectivity index (χ1v) is 8.63. The van der Waals surface area contributed by atoms with Gasteiger partial charge in [0.1, 0.15) is 5.75 Å². The molecule has 1 aromatic carbocycles. The molecule has 0 aromatic heterocycles. The molecule has 0 spiro atoms. The maximum atomic E-state index is 12.4. The van der Waals surface area contributed by atoms with Crippen molar-refractivity contribution < 1.29 is 9.53 Å². The van der Waals surface area contributed by atoms with Gasteiger partial charge < -0.3 is 15.4 Å². The third-order valence-corrected chi connectivity index (χ3v) is 4.45. The van der Waals surface area contributed by atoms with Gasteiger partial charge in [-0.15, -0.1) is 0 Å². The van der Waals surface area contributed by atoms with E-state index in [1.165, 1.54) is 0 Å². The van der Waals surface area contributed by atoms with Crippen LogP contribution in [0.4, 0.5) is 0 Å². The van der Waals surface area contributed by atoms with Crippen LogP contribution in [0.3, 0.4) is 0 Å². The van der Waals surface area contributed by atoms with Gasteiger partial charge in [0.15, 0.2) is 0 Å². The Hall–Kier alpha value is -1.07. The SMILES string of the molecule is CC(C)Oc1cc(Br)cc(C(=O)NCC2(C)CCNCC2)c1. The minimum Gasteiger partial charge on any atom is -0.491 e. The Balaban J connectivity index is 2.01. The molecule has 0 unspecified atom stereocenters. The summed E-state index contributed by atoms with van der Waals surface area (Å²) >= 11 is 3.44. The van der Waals surface area contributed by atoms with E-state index < -0.39 is 0 Å². The van der Waals surface area contributed by atoms with Crippen LogP contribution in [0.2, 0.25) is 0 Å². The number of carbonyl (C=O) groups excluding carboxylic acids is 1. The van der Waals surface area contributed by atoms with Gasteiger partial charge in [-0.25, -0.2) is 0 Å². The first-order valence-electron chi connectivity index (χ1n) is 7.84. The second kappa shape index (κ2) is 7.47. The molecular weight excluding hydrogens is 344 g/mol. The molecule has 0 radical (unpaired) electrons. The molecular formula is C17H25BrN2O2. The zero-order valence-corrected chi connectivity index (χ0v) is 15.1. The number of amides is 1. The van der Waals surface area contributed by atoms with E-state index in [1.807, 2.05) is 26.0 Å². The number of piperidine rings is 1. The van der Waals surface area contributed by atoms with E-state index in [0.29, 0.717) is 17.9 Å². The smallest absolute Gasteiger partial charge is 0.251 e. The van der Waals surface area contributed by atoms with Gasteiger partial charge in [-0.2, -0.15) is 0 Å². The van der Waals surface area contributed by atoms with Crippen molar-refractivity contribution in [2.24, 2.45) is 5.41 Å². The molecule has 1 saturated heterocycles. The molecule has 1 fully saturated rings. The number of hydrogen-bond acceptors (Lipinski definition) is 3. The van der Waals surface area contributed by atoms with Crippen molar-refractivity contribution >= 4 is 21.8 Å². The van der Waals surface area contributed by atoms with Crippen molar-refractivity contribution in [3.63, 3.8) is 0 Å². The third kappa shape index (κ3) is 4.99. The molecule has 1 amide bonds. The van der Waals surface area contributed by atoms with Crippen molar-refractivity contribution in [1.82, 2.24) is 10.6 Å². The van der Waals surface area contributed by atoms with Crippen molar-refractivity contribution in [2.45, 2.75) is 39.7 Å². The third-order valence-electron chi connectivity index (χ3n) is 3.99. The molecule has 0 saturated carbocycles. The highest BCUT2D eigenvalue weighted by molar-refractivity contribution is 9.10. The Morgan fingerprint density at radius 3 is 2.68 bits per heavy atom. The lowest BCUT2D eigenvalue weighted by molar-refractivity contribution is 0.0921. The molecule has 0 bridgehead atoms. The number of rotatable bonds is 5. The van der Waals surface area contributed by atoms with Crippen LogP contribution in [0.25, 0.3) is 0 Å². The summed E-state index contributed by atoms with van der Waals surface area (Å²) in [6, 6.07) is 5.50. The molecule has 0 atom stereocenters. The van der Waals surface area contributed by atoms with Gasteiger partial charge >= 0.3 is 0 Å². The number of halogens is 1. The summed E-state index contributed by atoms with van der Waals surface area (Å²) in [5.41, 5.74) is 0.812. The van der Waals surface area contributed by atoms with Crippen LogP contribution in [-0.4, -0.2) is 31.6 Å². The quantitative estimate of drug-likeness (QED) is 0.837. The summed E-state index contributed by atoms with van der Waals surface area (Å²) < 4.78 is 6.53. The maximum absolute atomic E-state index is 12.4. The van der Waals surface area contributed by atoms with Crippen LogP contribution in [-0.2, 0) is 0 Å². The first-order chi connectivity index (χ1) is 10.4. The predicted molar refractivity (Wildman–Crippen MR) is 92.4 cm³/mol. The van der Waals surface area contributed by atoms with E-state index in [0.717, 1.165) is 30.4 Å². The van der Waals surface area contributed by atoms with Crippen molar-refractivity contribution in [1.29, 1.82) is 0 Å². The van der Waals surface area contributed by atoms with E-state index in [4.69, 9.17) is 4.74 Å². The Labute approximate surface area is 141 Å². The normalized spacial score (nSPS) is 17.3. The van der Waals surface area contributed by atoms with Crippen LogP contribution in [0.15, 0.2) is 22.7 Å². The van der Waals surface area contributed by atoms with Gasteiger partial charge in [0.25, 0.3) is 5.91 Å². The monoisotopic (exact) mass is 368 g/mol. The molecule has 1 aliphatic heterocycles. The number of ether oxygens (including phenoxy) is 1. The topological polar surface area (TPSA) is 50.4 Å². The zero-order chi connectivity index (χ0) is 16.2. The number of carbonyl (C=O) groups is 1. The maximum Gasteiger partial charge on any atom is 0.251 e. The highest BCUT2D eigenvalue weighted by Crippen LogP contribution is 2.27. The molecule has 2 N–H and O–H groups in total. The fourth-order valence-corrected chi connectivity index (χ4v) is 3.11. The molecule has 2 rings (SSSR count). The van der Waals surface area contributed by atoms with Gasteiger partial charge in [-0.1, -0.05) is 22.9 Å². The summed E-state index contributed by atoms with van der Waals surface area (Å²) in [5, 5.41) is 6.43. The lowest BCUT2D eigenvalue weighted by Crippen LogP contribution is -2.42. The molecule has 0 aliphatic carbocycles. The van der Waals surface area contributed by atoms with Gasteiger partial charge in [0, 0.05) is 16.6 Å². The van der Waals surface area contributed by atoms with E-state index in [2.05, 4.69) is 33.5 Å². The van der Waals surface area contributed by atoms with Crippen molar-refractivity contribution in [3.8, 4) is 5.75 Å². The number of hydrogen-bond donors (Lipinski definition) is 2. The minimum atomic E-state index is -0.0466. The molecule has 1 heterocycles. The molecule has 1 aromatic rings. The summed E-state index contributed by atoms with van der Waals surface area (Å²) in [4.78, 5) is 12.4. The van der Waals surface area contributed by atoms with Crippen LogP contribution >= 0.6 is 15.9 Å². The fraction of sp³-hybridized carbons (Fsp3) is 0.588. The summed E-state index contributed by atoms with van der Waals surface area (Å²) in [5.74, 6) is 0.664. The van der Waals surface area contributed by atoms with Gasteiger partial charge in [-0.05, 0) is 63.4 Å². The minimum absolute atomic E-state index is 0.0466. The molecule has 4 nitrogen and oxygen atoms in total. The largest absolute Gasteiger partial charge is 0.491 e. The Bertz CT molecular complexity index is 525. The van der Waals surface area contributed by atoms with E-state index >= 15 is 0 Å². The van der Waals surface area contributed by atoms with Gasteiger partial charge in [-0.3, -0.25) is 4.79 Å². The van der Waals surface area contributed by atoms with Crippen LogP contribution < -0.4 is 15.4 Å². The first kappa shape index (κ1) is 17.3. The Morgan fingerprint density at radius 1 is 1.36 bits per heavy atom. The summed E-state index contributed by atoms with van der Waals surface area (Å²) in [6.45, 7) is 8.94. The molecule has 22 heavy (non-hydrogen) atoms. The highest BCUT2D eigenvalue weighted by Gasteiger charge is 2.27. The van der Waals surface area contributed by atoms with E-state index in [9.17, 15) is 4.79 Å². The fourth-order valence-electron chi connectivity index (χ4n) is 2.64. The predicted octanol–water partition coefficient (Wildman–Crippen LogP) is 3.36. The van der Waals surface area contributed by atoms with E-state index in [1.54, 1.807) is 6.07 Å². The lowest BCUT2D eigenvalue weighted by Gasteiger charge is -2.34. The average molecular weight is 369 g/mol. The Kier molecular flexibility index (Phi) is 5.87. The van der Waals surface area contributed by atoms with Gasteiger partial charge in [0.05, 0.1) is 6.10 Å². The zero-order valence-electron chi connectivity index (χ0n) is 13.5.